The Morgan fingerprint density at radius 2 is 1.82 bits per heavy atom. The van der Waals surface area contributed by atoms with Gasteiger partial charge in [-0.2, -0.15) is 8.42 Å². The summed E-state index contributed by atoms with van der Waals surface area (Å²) in [7, 11) is -4.23. The maximum atomic E-state index is 13.2. The number of cyclic esters (lactones) is 1. The first kappa shape index (κ1) is 25.2. The average molecular weight is 485 g/mol. The number of esters is 1. The van der Waals surface area contributed by atoms with Gasteiger partial charge < -0.3 is 14.0 Å². The highest BCUT2D eigenvalue weighted by Crippen LogP contribution is 2.40. The lowest BCUT2D eigenvalue weighted by atomic mass is 9.88. The van der Waals surface area contributed by atoms with E-state index in [1.807, 2.05) is 26.8 Å². The van der Waals surface area contributed by atoms with Crippen molar-refractivity contribution in [3.8, 4) is 5.75 Å². The zero-order valence-electron chi connectivity index (χ0n) is 19.5. The van der Waals surface area contributed by atoms with E-state index in [0.29, 0.717) is 24.0 Å². The molecule has 180 valence electrons. The van der Waals surface area contributed by atoms with E-state index in [1.54, 1.807) is 18.2 Å². The second-order valence-corrected chi connectivity index (χ2v) is 9.88. The third-order valence-corrected chi connectivity index (χ3v) is 7.10. The van der Waals surface area contributed by atoms with E-state index in [9.17, 15) is 18.0 Å². The summed E-state index contributed by atoms with van der Waals surface area (Å²) in [5.74, 6) is -1.57. The van der Waals surface area contributed by atoms with Gasteiger partial charge in [0.2, 0.25) is 0 Å². The number of rotatable bonds is 10. The first-order chi connectivity index (χ1) is 16.0. The van der Waals surface area contributed by atoms with Crippen LogP contribution in [0.3, 0.4) is 0 Å². The molecule has 0 bridgehead atoms. The van der Waals surface area contributed by atoms with E-state index < -0.39 is 22.1 Å². The quantitative estimate of drug-likeness (QED) is 0.293. The summed E-state index contributed by atoms with van der Waals surface area (Å²) < 4.78 is 37.2. The molecule has 0 aromatic heterocycles. The Hall–Kier alpha value is -3.39. The molecule has 0 radical (unpaired) electrons. The fraction of sp³-hybridized carbons (Fsp3) is 0.308. The summed E-state index contributed by atoms with van der Waals surface area (Å²) in [4.78, 5) is 23.5. The normalized spacial score (nSPS) is 13.4. The number of fused-ring (bicyclic) bond motifs is 1. The van der Waals surface area contributed by atoms with E-state index in [1.165, 1.54) is 12.1 Å². The van der Waals surface area contributed by atoms with Crippen molar-refractivity contribution in [1.29, 1.82) is 0 Å². The van der Waals surface area contributed by atoms with Crippen LogP contribution in [0.1, 0.15) is 57.9 Å². The Morgan fingerprint density at radius 1 is 1.15 bits per heavy atom. The number of carboxylic acid groups (broad SMARTS) is 1. The summed E-state index contributed by atoms with van der Waals surface area (Å²) in [5, 5.41) is 8.95. The molecule has 7 nitrogen and oxygen atoms in total. The number of ether oxygens (including phenoxy) is 1. The van der Waals surface area contributed by atoms with Gasteiger partial charge in [-0.05, 0) is 63.3 Å². The van der Waals surface area contributed by atoms with Crippen LogP contribution in [0.15, 0.2) is 53.5 Å². The molecule has 1 N–H and O–H groups in total. The van der Waals surface area contributed by atoms with Crippen LogP contribution in [0.25, 0.3) is 0 Å². The lowest BCUT2D eigenvalue weighted by Gasteiger charge is -2.20. The largest absolute Gasteiger partial charge is 0.481 e. The number of hydrogen-bond donors (Lipinski definition) is 1. The number of carbonyl (C=O) groups is 2. The minimum absolute atomic E-state index is 0.0114. The number of carboxylic acids is 1. The molecule has 0 fully saturated rings. The second-order valence-electron chi connectivity index (χ2n) is 8.33. The molecule has 0 amide bonds. The predicted octanol–water partition coefficient (Wildman–Crippen LogP) is 4.82. The first-order valence-corrected chi connectivity index (χ1v) is 12.3. The number of hydrogen-bond acceptors (Lipinski definition) is 6. The van der Waals surface area contributed by atoms with Crippen molar-refractivity contribution in [1.82, 2.24) is 0 Å². The number of carbonyl (C=O) groups excluding carboxylic acids is 1. The topological polar surface area (TPSA) is 107 Å². The highest BCUT2D eigenvalue weighted by molar-refractivity contribution is 7.87. The molecular weight excluding hydrogens is 456 g/mol. The minimum atomic E-state index is -4.23. The number of aryl methyl sites for hydroxylation is 1. The summed E-state index contributed by atoms with van der Waals surface area (Å²) in [5.41, 5.74) is 4.63. The number of aliphatic carboxylic acids is 1. The standard InChI is InChI=1S/C26H28O7S/c1-5-6-20-18(4)22-15-32-26(29)24(22)25(21(20)13-9-17(3)10-14-23(27)28)33-34(30,31)19-11-7-16(2)8-12-19/h5,7-9,11-12H,1,6,10,13-15H2,2-4H3,(H,27,28). The van der Waals surface area contributed by atoms with Gasteiger partial charge in [-0.3, -0.25) is 4.79 Å². The molecule has 34 heavy (non-hydrogen) atoms. The van der Waals surface area contributed by atoms with E-state index in [0.717, 1.165) is 22.3 Å². The molecule has 2 aromatic rings. The van der Waals surface area contributed by atoms with Gasteiger partial charge in [0.25, 0.3) is 0 Å². The molecule has 8 heteroatoms. The van der Waals surface area contributed by atoms with Crippen LogP contribution in [0.2, 0.25) is 0 Å². The zero-order valence-corrected chi connectivity index (χ0v) is 20.3. The van der Waals surface area contributed by atoms with Gasteiger partial charge >= 0.3 is 22.1 Å². The lowest BCUT2D eigenvalue weighted by molar-refractivity contribution is -0.136. The second kappa shape index (κ2) is 10.3. The molecule has 1 aliphatic rings. The van der Waals surface area contributed by atoms with Crippen LogP contribution >= 0.6 is 0 Å². The SMILES string of the molecule is C=CCc1c(C)c2c(c(OS(=O)(=O)c3ccc(C)cc3)c1CC=C(C)CCC(=O)O)C(=O)OC2. The first-order valence-electron chi connectivity index (χ1n) is 10.9. The minimum Gasteiger partial charge on any atom is -0.481 e. The summed E-state index contributed by atoms with van der Waals surface area (Å²) in [6.45, 7) is 9.38. The predicted molar refractivity (Wildman–Crippen MR) is 128 cm³/mol. The Morgan fingerprint density at radius 3 is 2.44 bits per heavy atom. The highest BCUT2D eigenvalue weighted by atomic mass is 32.2. The molecule has 3 rings (SSSR count). The van der Waals surface area contributed by atoms with Crippen LogP contribution in [0.4, 0.5) is 0 Å². The molecular formula is C26H28O7S. The van der Waals surface area contributed by atoms with Crippen molar-refractivity contribution in [2.75, 3.05) is 0 Å². The molecule has 0 spiro atoms. The van der Waals surface area contributed by atoms with Crippen molar-refractivity contribution in [2.24, 2.45) is 0 Å². The molecule has 0 aliphatic carbocycles. The fourth-order valence-corrected chi connectivity index (χ4v) is 4.87. The maximum Gasteiger partial charge on any atom is 0.342 e. The van der Waals surface area contributed by atoms with E-state index in [2.05, 4.69) is 6.58 Å². The van der Waals surface area contributed by atoms with Gasteiger partial charge in [0.15, 0.2) is 5.75 Å². The van der Waals surface area contributed by atoms with E-state index in [4.69, 9.17) is 14.0 Å². The van der Waals surface area contributed by atoms with Gasteiger partial charge in [0.1, 0.15) is 17.1 Å². The highest BCUT2D eigenvalue weighted by Gasteiger charge is 2.34. The van der Waals surface area contributed by atoms with Gasteiger partial charge in [-0.1, -0.05) is 35.4 Å². The van der Waals surface area contributed by atoms with Crippen LogP contribution in [-0.4, -0.2) is 25.5 Å². The van der Waals surface area contributed by atoms with Crippen LogP contribution in [0, 0.1) is 13.8 Å². The van der Waals surface area contributed by atoms with Gasteiger partial charge in [0.05, 0.1) is 0 Å². The Labute approximate surface area is 199 Å². The van der Waals surface area contributed by atoms with Gasteiger partial charge in [-0.15, -0.1) is 6.58 Å². The summed E-state index contributed by atoms with van der Waals surface area (Å²) >= 11 is 0. The molecule has 0 saturated carbocycles. The third kappa shape index (κ3) is 5.39. The van der Waals surface area contributed by atoms with Crippen molar-refractivity contribution in [2.45, 2.75) is 58.0 Å². The molecule has 1 aliphatic heterocycles. The van der Waals surface area contributed by atoms with E-state index in [-0.39, 0.29) is 35.7 Å². The van der Waals surface area contributed by atoms with Gasteiger partial charge in [-0.25, -0.2) is 4.79 Å². The van der Waals surface area contributed by atoms with E-state index >= 15 is 0 Å². The summed E-state index contributed by atoms with van der Waals surface area (Å²) in [6, 6.07) is 6.25. The van der Waals surface area contributed by atoms with Crippen LogP contribution in [-0.2, 0) is 39.1 Å². The Kier molecular flexibility index (Phi) is 7.61. The zero-order chi connectivity index (χ0) is 25.0. The third-order valence-electron chi connectivity index (χ3n) is 5.86. The van der Waals surface area contributed by atoms with Crippen LogP contribution < -0.4 is 4.18 Å². The van der Waals surface area contributed by atoms with Crippen molar-refractivity contribution < 1.29 is 32.0 Å². The molecule has 2 aromatic carbocycles. The monoisotopic (exact) mass is 484 g/mol. The molecule has 0 saturated heterocycles. The number of benzene rings is 2. The molecule has 1 heterocycles. The van der Waals surface area contributed by atoms with Crippen LogP contribution in [0.5, 0.6) is 5.75 Å². The lowest BCUT2D eigenvalue weighted by Crippen LogP contribution is -2.16. The molecule has 0 atom stereocenters. The summed E-state index contributed by atoms with van der Waals surface area (Å²) in [6.07, 6.45) is 4.58. The fourth-order valence-electron chi connectivity index (χ4n) is 3.90. The number of allylic oxidation sites excluding steroid dienone is 3. The van der Waals surface area contributed by atoms with Crippen molar-refractivity contribution in [3.63, 3.8) is 0 Å². The Bertz CT molecular complexity index is 1270. The Balaban J connectivity index is 2.16. The molecule has 0 unspecified atom stereocenters. The maximum absolute atomic E-state index is 13.2. The van der Waals surface area contributed by atoms with Crippen molar-refractivity contribution >= 4 is 22.1 Å². The van der Waals surface area contributed by atoms with Gasteiger partial charge in [0, 0.05) is 17.5 Å². The smallest absolute Gasteiger partial charge is 0.342 e. The average Bonchev–Trinajstić information content (AvgIpc) is 3.17. The van der Waals surface area contributed by atoms with Crippen molar-refractivity contribution in [3.05, 3.63) is 82.0 Å².